The Bertz CT molecular complexity index is 417. The minimum Gasteiger partial charge on any atom is -0.508 e. The molecule has 0 rings (SSSR count). The summed E-state index contributed by atoms with van der Waals surface area (Å²) >= 11 is 0. The van der Waals surface area contributed by atoms with Crippen molar-refractivity contribution in [3.63, 3.8) is 0 Å². The zero-order valence-electron chi connectivity index (χ0n) is 15.4. The van der Waals surface area contributed by atoms with Gasteiger partial charge in [-0.25, -0.2) is 4.79 Å². The highest BCUT2D eigenvalue weighted by atomic mass is 16.5. The van der Waals surface area contributed by atoms with E-state index in [1.165, 1.54) is 58.1 Å². The molecule has 3 heteroatoms. The van der Waals surface area contributed by atoms with Crippen LogP contribution in [0.2, 0.25) is 0 Å². The van der Waals surface area contributed by atoms with E-state index in [0.717, 1.165) is 19.3 Å². The molecular formula is C21H34O3. The lowest BCUT2D eigenvalue weighted by molar-refractivity contribution is -0.134. The molecule has 0 aliphatic carbocycles. The van der Waals surface area contributed by atoms with Gasteiger partial charge in [-0.15, -0.1) is 0 Å². The molecule has 0 saturated carbocycles. The molecule has 0 saturated heterocycles. The van der Waals surface area contributed by atoms with Crippen molar-refractivity contribution in [1.29, 1.82) is 0 Å². The van der Waals surface area contributed by atoms with Gasteiger partial charge in [0.05, 0.1) is 7.11 Å². The number of aliphatic hydroxyl groups is 1. The fourth-order valence-electron chi connectivity index (χ4n) is 2.19. The molecule has 1 N–H and O–H groups in total. The Morgan fingerprint density at radius 2 is 1.50 bits per heavy atom. The fraction of sp³-hybridized carbons (Fsp3) is 0.571. The number of rotatable bonds is 14. The van der Waals surface area contributed by atoms with Gasteiger partial charge in [0.25, 0.3) is 0 Å². The molecule has 136 valence electrons. The summed E-state index contributed by atoms with van der Waals surface area (Å²) in [6, 6.07) is 0. The normalized spacial score (nSPS) is 12.7. The second-order valence-electron chi connectivity index (χ2n) is 5.83. The standard InChI is InChI=1S/C21H34O3/c1-3-4-5-6-7-8-9-10-11-12-13-14-17-20(22)18-15-16-19-21(23)24-2/h10-11,15-19,22H,3-9,12-14H2,1-2H3/b11-10?,18-15?,19-16+,20-17?. The summed E-state index contributed by atoms with van der Waals surface area (Å²) in [5.41, 5.74) is 0. The largest absolute Gasteiger partial charge is 0.508 e. The van der Waals surface area contributed by atoms with Crippen LogP contribution in [0.25, 0.3) is 0 Å². The molecule has 0 aromatic carbocycles. The van der Waals surface area contributed by atoms with E-state index in [2.05, 4.69) is 23.8 Å². The second-order valence-corrected chi connectivity index (χ2v) is 5.83. The SMILES string of the molecule is CCCCCCCCC=CCCCC=C(O)C=C/C=C/C(=O)OC. The molecule has 0 unspecified atom stereocenters. The van der Waals surface area contributed by atoms with Gasteiger partial charge in [0.15, 0.2) is 0 Å². The van der Waals surface area contributed by atoms with Crippen LogP contribution in [0.4, 0.5) is 0 Å². The number of unbranched alkanes of at least 4 members (excludes halogenated alkanes) is 8. The third kappa shape index (κ3) is 16.6. The van der Waals surface area contributed by atoms with Crippen LogP contribution >= 0.6 is 0 Å². The van der Waals surface area contributed by atoms with Crippen LogP contribution in [0.3, 0.4) is 0 Å². The number of carbonyl (C=O) groups is 1. The Morgan fingerprint density at radius 3 is 2.21 bits per heavy atom. The van der Waals surface area contributed by atoms with Crippen molar-refractivity contribution in [2.45, 2.75) is 71.1 Å². The summed E-state index contributed by atoms with van der Waals surface area (Å²) in [4.78, 5) is 10.8. The zero-order chi connectivity index (χ0) is 17.9. The Hall–Kier alpha value is -1.77. The molecular weight excluding hydrogens is 300 g/mol. The van der Waals surface area contributed by atoms with Crippen molar-refractivity contribution >= 4 is 5.97 Å². The minimum atomic E-state index is -0.407. The van der Waals surface area contributed by atoms with E-state index in [1.807, 2.05) is 0 Å². The number of hydrogen-bond acceptors (Lipinski definition) is 3. The van der Waals surface area contributed by atoms with E-state index in [4.69, 9.17) is 0 Å². The Labute approximate surface area is 147 Å². The summed E-state index contributed by atoms with van der Waals surface area (Å²) < 4.78 is 4.46. The van der Waals surface area contributed by atoms with Gasteiger partial charge >= 0.3 is 5.97 Å². The van der Waals surface area contributed by atoms with E-state index in [9.17, 15) is 9.90 Å². The van der Waals surface area contributed by atoms with Gasteiger partial charge in [-0.3, -0.25) is 0 Å². The lowest BCUT2D eigenvalue weighted by Gasteiger charge is -1.97. The molecule has 3 nitrogen and oxygen atoms in total. The molecule has 0 heterocycles. The molecule has 0 atom stereocenters. The van der Waals surface area contributed by atoms with Crippen LogP contribution in [0, 0.1) is 0 Å². The van der Waals surface area contributed by atoms with Crippen molar-refractivity contribution in [3.8, 4) is 0 Å². The third-order valence-corrected chi connectivity index (χ3v) is 3.63. The predicted octanol–water partition coefficient (Wildman–Crippen LogP) is 6.19. The lowest BCUT2D eigenvalue weighted by Crippen LogP contribution is -1.92. The summed E-state index contributed by atoms with van der Waals surface area (Å²) in [6.45, 7) is 2.25. The molecule has 0 spiro atoms. The maximum absolute atomic E-state index is 10.8. The van der Waals surface area contributed by atoms with Crippen LogP contribution in [0.1, 0.15) is 71.1 Å². The third-order valence-electron chi connectivity index (χ3n) is 3.63. The van der Waals surface area contributed by atoms with Crippen molar-refractivity contribution in [3.05, 3.63) is 48.3 Å². The molecule has 0 aromatic rings. The van der Waals surface area contributed by atoms with Crippen molar-refractivity contribution in [1.82, 2.24) is 0 Å². The van der Waals surface area contributed by atoms with Crippen molar-refractivity contribution < 1.29 is 14.6 Å². The molecule has 0 amide bonds. The smallest absolute Gasteiger partial charge is 0.330 e. The first-order chi connectivity index (χ1) is 11.7. The topological polar surface area (TPSA) is 46.5 Å². The minimum absolute atomic E-state index is 0.223. The summed E-state index contributed by atoms with van der Waals surface area (Å²) in [7, 11) is 1.33. The average molecular weight is 335 g/mol. The number of allylic oxidation sites excluding steroid dienone is 6. The molecule has 0 bridgehead atoms. The molecule has 0 radical (unpaired) electrons. The van der Waals surface area contributed by atoms with Crippen LogP contribution in [-0.2, 0) is 9.53 Å². The van der Waals surface area contributed by atoms with Gasteiger partial charge in [0, 0.05) is 6.08 Å². The highest BCUT2D eigenvalue weighted by Gasteiger charge is 1.90. The van der Waals surface area contributed by atoms with Crippen LogP contribution in [0.5, 0.6) is 0 Å². The Morgan fingerprint density at radius 1 is 0.875 bits per heavy atom. The van der Waals surface area contributed by atoms with Gasteiger partial charge in [0.2, 0.25) is 0 Å². The van der Waals surface area contributed by atoms with E-state index in [0.29, 0.717) is 0 Å². The van der Waals surface area contributed by atoms with Gasteiger partial charge in [-0.05, 0) is 44.3 Å². The number of methoxy groups -OCH3 is 1. The number of esters is 1. The first kappa shape index (κ1) is 22.2. The van der Waals surface area contributed by atoms with E-state index < -0.39 is 5.97 Å². The van der Waals surface area contributed by atoms with Crippen molar-refractivity contribution in [2.75, 3.05) is 7.11 Å². The monoisotopic (exact) mass is 334 g/mol. The van der Waals surface area contributed by atoms with E-state index in [-0.39, 0.29) is 5.76 Å². The highest BCUT2D eigenvalue weighted by Crippen LogP contribution is 2.08. The quantitative estimate of drug-likeness (QED) is 0.103. The molecule has 0 aliphatic heterocycles. The number of hydrogen-bond donors (Lipinski definition) is 1. The summed E-state index contributed by atoms with van der Waals surface area (Å²) in [6.07, 6.45) is 24.5. The van der Waals surface area contributed by atoms with E-state index >= 15 is 0 Å². The Balaban J connectivity index is 3.59. The zero-order valence-corrected chi connectivity index (χ0v) is 15.4. The van der Waals surface area contributed by atoms with Gasteiger partial charge in [0.1, 0.15) is 5.76 Å². The highest BCUT2D eigenvalue weighted by molar-refractivity contribution is 5.82. The molecule has 24 heavy (non-hydrogen) atoms. The molecule has 0 aliphatic rings. The average Bonchev–Trinajstić information content (AvgIpc) is 2.59. The maximum Gasteiger partial charge on any atom is 0.330 e. The molecule has 0 fully saturated rings. The fourth-order valence-corrected chi connectivity index (χ4v) is 2.19. The predicted molar refractivity (Wildman–Crippen MR) is 102 cm³/mol. The van der Waals surface area contributed by atoms with Gasteiger partial charge in [-0.1, -0.05) is 63.3 Å². The maximum atomic E-state index is 10.8. The summed E-state index contributed by atoms with van der Waals surface area (Å²) in [5, 5.41) is 9.64. The summed E-state index contributed by atoms with van der Waals surface area (Å²) in [5.74, 6) is -0.184. The second kappa shape index (κ2) is 17.6. The van der Waals surface area contributed by atoms with Crippen LogP contribution < -0.4 is 0 Å². The first-order valence-corrected chi connectivity index (χ1v) is 9.17. The lowest BCUT2D eigenvalue weighted by atomic mass is 10.1. The van der Waals surface area contributed by atoms with Gasteiger partial charge in [-0.2, -0.15) is 0 Å². The molecule has 0 aromatic heterocycles. The van der Waals surface area contributed by atoms with Crippen molar-refractivity contribution in [2.24, 2.45) is 0 Å². The van der Waals surface area contributed by atoms with Gasteiger partial charge < -0.3 is 9.84 Å². The van der Waals surface area contributed by atoms with E-state index in [1.54, 1.807) is 24.3 Å². The van der Waals surface area contributed by atoms with Crippen LogP contribution in [-0.4, -0.2) is 18.2 Å². The Kier molecular flexibility index (Phi) is 16.3. The van der Waals surface area contributed by atoms with Crippen LogP contribution in [0.15, 0.2) is 48.3 Å². The number of ether oxygens (including phenoxy) is 1. The number of carbonyl (C=O) groups excluding carboxylic acids is 1. The first-order valence-electron chi connectivity index (χ1n) is 9.17. The number of aliphatic hydroxyl groups excluding tert-OH is 1.